The van der Waals surface area contributed by atoms with Crippen LogP contribution in [0.5, 0.6) is 0 Å². The lowest BCUT2D eigenvalue weighted by molar-refractivity contribution is 0.102. The number of amides is 1. The fourth-order valence-corrected chi connectivity index (χ4v) is 2.86. The van der Waals surface area contributed by atoms with E-state index in [-0.39, 0.29) is 5.56 Å². The maximum atomic E-state index is 13.6. The summed E-state index contributed by atoms with van der Waals surface area (Å²) in [6, 6.07) is 8.06. The number of hydrogen-bond donors (Lipinski definition) is 1. The molecule has 1 amide bonds. The smallest absolute Gasteiger partial charge is 0.259 e. The number of halogens is 1. The number of anilines is 1. The largest absolute Gasteiger partial charge is 0.307 e. The summed E-state index contributed by atoms with van der Waals surface area (Å²) in [6.45, 7) is 0. The average Bonchev–Trinajstić information content (AvgIpc) is 2.96. The van der Waals surface area contributed by atoms with Gasteiger partial charge in [0.15, 0.2) is 0 Å². The Bertz CT molecular complexity index is 632. The van der Waals surface area contributed by atoms with Crippen molar-refractivity contribution in [1.29, 1.82) is 0 Å². The van der Waals surface area contributed by atoms with Gasteiger partial charge in [-0.1, -0.05) is 31.4 Å². The minimum Gasteiger partial charge on any atom is -0.307 e. The molecule has 0 unspecified atom stereocenters. The summed E-state index contributed by atoms with van der Waals surface area (Å²) in [6.07, 6.45) is 7.45. The molecule has 0 saturated heterocycles. The lowest BCUT2D eigenvalue weighted by atomic mass is 9.96. The molecule has 0 bridgehead atoms. The lowest BCUT2D eigenvalue weighted by Crippen LogP contribution is -2.20. The van der Waals surface area contributed by atoms with Gasteiger partial charge in [-0.3, -0.25) is 4.79 Å². The minimum atomic E-state index is -0.515. The normalized spacial score (nSPS) is 15.9. The molecule has 1 fully saturated rings. The van der Waals surface area contributed by atoms with Gasteiger partial charge in [0, 0.05) is 6.07 Å². The van der Waals surface area contributed by atoms with Gasteiger partial charge in [-0.15, -0.1) is 0 Å². The summed E-state index contributed by atoms with van der Waals surface area (Å²) < 4.78 is 15.5. The van der Waals surface area contributed by atoms with Gasteiger partial charge >= 0.3 is 0 Å². The lowest BCUT2D eigenvalue weighted by Gasteiger charge is -2.23. The zero-order valence-electron chi connectivity index (χ0n) is 11.8. The maximum absolute atomic E-state index is 13.6. The van der Waals surface area contributed by atoms with Crippen LogP contribution in [0.4, 0.5) is 10.2 Å². The van der Waals surface area contributed by atoms with Crippen molar-refractivity contribution in [2.45, 2.75) is 38.1 Å². The highest BCUT2D eigenvalue weighted by molar-refractivity contribution is 6.03. The molecule has 1 saturated carbocycles. The molecule has 0 atom stereocenters. The standard InChI is InChI=1S/C16H18FN3O/c17-14-9-5-4-8-13(14)16(21)19-15-10-11-18-20(15)12-6-2-1-3-7-12/h4-5,8-12H,1-3,6-7H2,(H,19,21). The van der Waals surface area contributed by atoms with Crippen molar-refractivity contribution in [2.24, 2.45) is 0 Å². The summed E-state index contributed by atoms with van der Waals surface area (Å²) in [5.74, 6) is -0.320. The highest BCUT2D eigenvalue weighted by Crippen LogP contribution is 2.30. The van der Waals surface area contributed by atoms with E-state index in [1.165, 1.54) is 31.4 Å². The van der Waals surface area contributed by atoms with Gasteiger partial charge in [-0.05, 0) is 25.0 Å². The van der Waals surface area contributed by atoms with Gasteiger partial charge in [-0.2, -0.15) is 5.10 Å². The Morgan fingerprint density at radius 2 is 1.95 bits per heavy atom. The Morgan fingerprint density at radius 1 is 1.19 bits per heavy atom. The second kappa shape index (κ2) is 6.08. The van der Waals surface area contributed by atoms with Crippen LogP contribution in [0, 0.1) is 5.82 Å². The predicted octanol–water partition coefficient (Wildman–Crippen LogP) is 3.78. The number of hydrogen-bond acceptors (Lipinski definition) is 2. The monoisotopic (exact) mass is 287 g/mol. The maximum Gasteiger partial charge on any atom is 0.259 e. The van der Waals surface area contributed by atoms with E-state index in [9.17, 15) is 9.18 Å². The van der Waals surface area contributed by atoms with E-state index in [1.807, 2.05) is 4.68 Å². The molecule has 21 heavy (non-hydrogen) atoms. The van der Waals surface area contributed by atoms with Crippen LogP contribution in [-0.2, 0) is 0 Å². The SMILES string of the molecule is O=C(Nc1ccnn1C1CCCCC1)c1ccccc1F. The number of carbonyl (C=O) groups excluding carboxylic acids is 1. The molecule has 0 aliphatic heterocycles. The molecule has 110 valence electrons. The van der Waals surface area contributed by atoms with Gasteiger partial charge in [0.25, 0.3) is 5.91 Å². The zero-order valence-corrected chi connectivity index (χ0v) is 11.8. The van der Waals surface area contributed by atoms with Crippen LogP contribution in [-0.4, -0.2) is 15.7 Å². The second-order valence-corrected chi connectivity index (χ2v) is 5.39. The number of nitrogens with one attached hydrogen (secondary N) is 1. The molecule has 1 N–H and O–H groups in total. The van der Waals surface area contributed by atoms with E-state index in [0.29, 0.717) is 11.9 Å². The molecule has 4 nitrogen and oxygen atoms in total. The third kappa shape index (κ3) is 2.96. The van der Waals surface area contributed by atoms with E-state index in [4.69, 9.17) is 0 Å². The molecule has 1 aromatic heterocycles. The molecular weight excluding hydrogens is 269 g/mol. The number of carbonyl (C=O) groups is 1. The molecule has 3 rings (SSSR count). The van der Waals surface area contributed by atoms with E-state index >= 15 is 0 Å². The Kier molecular flexibility index (Phi) is 3.99. The van der Waals surface area contributed by atoms with Crippen LogP contribution >= 0.6 is 0 Å². The Balaban J connectivity index is 1.78. The van der Waals surface area contributed by atoms with Gasteiger partial charge in [0.1, 0.15) is 11.6 Å². The fourth-order valence-electron chi connectivity index (χ4n) is 2.86. The van der Waals surface area contributed by atoms with Crippen LogP contribution in [0.2, 0.25) is 0 Å². The van der Waals surface area contributed by atoms with Crippen LogP contribution in [0.15, 0.2) is 36.5 Å². The van der Waals surface area contributed by atoms with Gasteiger partial charge in [-0.25, -0.2) is 9.07 Å². The highest BCUT2D eigenvalue weighted by atomic mass is 19.1. The van der Waals surface area contributed by atoms with E-state index in [2.05, 4.69) is 10.4 Å². The molecule has 1 heterocycles. The zero-order chi connectivity index (χ0) is 14.7. The topological polar surface area (TPSA) is 46.9 Å². The van der Waals surface area contributed by atoms with Crippen molar-refractivity contribution in [3.8, 4) is 0 Å². The minimum absolute atomic E-state index is 0.0499. The number of benzene rings is 1. The van der Waals surface area contributed by atoms with Crippen LogP contribution < -0.4 is 5.32 Å². The molecular formula is C16H18FN3O. The Labute approximate surface area is 123 Å². The Hall–Kier alpha value is -2.17. The first-order valence-corrected chi connectivity index (χ1v) is 7.35. The van der Waals surface area contributed by atoms with Crippen molar-refractivity contribution in [1.82, 2.24) is 9.78 Å². The van der Waals surface area contributed by atoms with Crippen LogP contribution in [0.25, 0.3) is 0 Å². The van der Waals surface area contributed by atoms with E-state index < -0.39 is 11.7 Å². The van der Waals surface area contributed by atoms with Crippen LogP contribution in [0.3, 0.4) is 0 Å². The van der Waals surface area contributed by atoms with E-state index in [1.54, 1.807) is 24.4 Å². The third-order valence-corrected chi connectivity index (χ3v) is 3.95. The second-order valence-electron chi connectivity index (χ2n) is 5.39. The molecule has 0 spiro atoms. The fraction of sp³-hybridized carbons (Fsp3) is 0.375. The quantitative estimate of drug-likeness (QED) is 0.933. The average molecular weight is 287 g/mol. The van der Waals surface area contributed by atoms with Gasteiger partial charge in [0.2, 0.25) is 0 Å². The number of rotatable bonds is 3. The highest BCUT2D eigenvalue weighted by Gasteiger charge is 2.20. The number of aromatic nitrogens is 2. The summed E-state index contributed by atoms with van der Waals surface area (Å²) in [5, 5.41) is 7.08. The van der Waals surface area contributed by atoms with Crippen LogP contribution in [0.1, 0.15) is 48.5 Å². The molecule has 0 radical (unpaired) electrons. The van der Waals surface area contributed by atoms with Crippen molar-refractivity contribution in [3.05, 3.63) is 47.9 Å². The molecule has 1 aliphatic rings. The first-order valence-electron chi connectivity index (χ1n) is 7.35. The summed E-state index contributed by atoms with van der Waals surface area (Å²) in [4.78, 5) is 12.2. The summed E-state index contributed by atoms with van der Waals surface area (Å²) in [7, 11) is 0. The summed E-state index contributed by atoms with van der Waals surface area (Å²) >= 11 is 0. The predicted molar refractivity (Wildman–Crippen MR) is 78.7 cm³/mol. The molecule has 1 aromatic carbocycles. The first-order chi connectivity index (χ1) is 10.3. The van der Waals surface area contributed by atoms with Crippen molar-refractivity contribution < 1.29 is 9.18 Å². The molecule has 5 heteroatoms. The number of nitrogens with zero attached hydrogens (tertiary/aromatic N) is 2. The van der Waals surface area contributed by atoms with Gasteiger partial charge < -0.3 is 5.32 Å². The Morgan fingerprint density at radius 3 is 2.71 bits per heavy atom. The van der Waals surface area contributed by atoms with Crippen molar-refractivity contribution in [2.75, 3.05) is 5.32 Å². The van der Waals surface area contributed by atoms with E-state index in [0.717, 1.165) is 12.8 Å². The molecule has 2 aromatic rings. The third-order valence-electron chi connectivity index (χ3n) is 3.95. The summed E-state index contributed by atoms with van der Waals surface area (Å²) in [5.41, 5.74) is 0.0499. The van der Waals surface area contributed by atoms with Crippen molar-refractivity contribution in [3.63, 3.8) is 0 Å². The van der Waals surface area contributed by atoms with Crippen molar-refractivity contribution >= 4 is 11.7 Å². The first kappa shape index (κ1) is 13.8. The molecule has 1 aliphatic carbocycles. The van der Waals surface area contributed by atoms with Gasteiger partial charge in [0.05, 0.1) is 17.8 Å².